The van der Waals surface area contributed by atoms with Crippen molar-refractivity contribution >= 4 is 23.6 Å². The van der Waals surface area contributed by atoms with Crippen LogP contribution in [0.15, 0.2) is 11.4 Å². The van der Waals surface area contributed by atoms with Gasteiger partial charge in [-0.2, -0.15) is 0 Å². The lowest BCUT2D eigenvalue weighted by Crippen LogP contribution is -2.36. The van der Waals surface area contributed by atoms with Crippen molar-refractivity contribution < 1.29 is 14.7 Å². The lowest BCUT2D eigenvalue weighted by Gasteiger charge is -2.24. The highest BCUT2D eigenvalue weighted by Gasteiger charge is 2.22. The maximum Gasteiger partial charge on any atom is 0.313 e. The summed E-state index contributed by atoms with van der Waals surface area (Å²) in [5.41, 5.74) is 0.861. The van der Waals surface area contributed by atoms with E-state index < -0.39 is 5.97 Å². The van der Waals surface area contributed by atoms with Gasteiger partial charge in [0, 0.05) is 19.2 Å². The van der Waals surface area contributed by atoms with Crippen LogP contribution in [0.4, 0.5) is 0 Å². The number of amides is 1. The Morgan fingerprint density at radius 2 is 2.50 bits per heavy atom. The fourth-order valence-electron chi connectivity index (χ4n) is 1.95. The summed E-state index contributed by atoms with van der Waals surface area (Å²) >= 11 is 1.21. The van der Waals surface area contributed by atoms with Gasteiger partial charge in [-0.25, -0.2) is 4.98 Å². The minimum absolute atomic E-state index is 0.00443. The second-order valence-corrected chi connectivity index (χ2v) is 5.19. The molecule has 0 aromatic carbocycles. The molecule has 1 aromatic rings. The van der Waals surface area contributed by atoms with Gasteiger partial charge in [0.15, 0.2) is 5.16 Å². The molecular formula is C11H15N3O3S. The van der Waals surface area contributed by atoms with Crippen LogP contribution in [0.25, 0.3) is 0 Å². The Hall–Kier alpha value is -1.50. The molecule has 1 unspecified atom stereocenters. The fourth-order valence-corrected chi connectivity index (χ4v) is 2.76. The molecule has 1 fully saturated rings. The first-order valence-corrected chi connectivity index (χ1v) is 6.71. The zero-order valence-electron chi connectivity index (χ0n) is 10.0. The first-order chi connectivity index (χ1) is 8.56. The topological polar surface area (TPSA) is 84.2 Å². The van der Waals surface area contributed by atoms with Gasteiger partial charge in [0.25, 0.3) is 0 Å². The number of aromatic nitrogens is 2. The van der Waals surface area contributed by atoms with Gasteiger partial charge in [-0.3, -0.25) is 9.59 Å². The SMILES string of the molecule is Cc1cn(C2CCC(=O)NC2)c(SCC(=O)O)n1. The summed E-state index contributed by atoms with van der Waals surface area (Å²) in [4.78, 5) is 26.0. The normalized spacial score (nSPS) is 19.6. The molecule has 98 valence electrons. The third-order valence-corrected chi connectivity index (χ3v) is 3.73. The molecule has 1 saturated heterocycles. The van der Waals surface area contributed by atoms with Gasteiger partial charge in [-0.1, -0.05) is 11.8 Å². The number of aryl methyl sites for hydroxylation is 1. The predicted octanol–water partition coefficient (Wildman–Crippen LogP) is 0.819. The van der Waals surface area contributed by atoms with E-state index in [4.69, 9.17) is 5.11 Å². The summed E-state index contributed by atoms with van der Waals surface area (Å²) in [5.74, 6) is -0.790. The van der Waals surface area contributed by atoms with Crippen LogP contribution in [0.3, 0.4) is 0 Å². The highest BCUT2D eigenvalue weighted by atomic mass is 32.2. The Balaban J connectivity index is 2.11. The standard InChI is InChI=1S/C11H15N3O3S/c1-7-5-14(8-2-3-9(15)12-4-8)11(13-7)18-6-10(16)17/h5,8H,2-4,6H2,1H3,(H,12,15)(H,16,17). The Kier molecular flexibility index (Phi) is 3.90. The third kappa shape index (κ3) is 3.04. The molecule has 18 heavy (non-hydrogen) atoms. The molecule has 0 bridgehead atoms. The first kappa shape index (κ1) is 12.9. The average Bonchev–Trinajstić information content (AvgIpc) is 2.69. The van der Waals surface area contributed by atoms with E-state index in [1.807, 2.05) is 17.7 Å². The molecule has 0 spiro atoms. The summed E-state index contributed by atoms with van der Waals surface area (Å²) in [6, 6.07) is 0.167. The van der Waals surface area contributed by atoms with Gasteiger partial charge in [0.2, 0.25) is 5.91 Å². The quantitative estimate of drug-likeness (QED) is 0.791. The summed E-state index contributed by atoms with van der Waals surface area (Å²) in [6.45, 7) is 2.46. The Morgan fingerprint density at radius 1 is 1.72 bits per heavy atom. The maximum absolute atomic E-state index is 11.1. The molecule has 1 aliphatic rings. The Labute approximate surface area is 109 Å². The van der Waals surface area contributed by atoms with E-state index in [0.717, 1.165) is 12.1 Å². The first-order valence-electron chi connectivity index (χ1n) is 5.73. The van der Waals surface area contributed by atoms with Crippen molar-refractivity contribution in [2.24, 2.45) is 0 Å². The number of thioether (sulfide) groups is 1. The van der Waals surface area contributed by atoms with Crippen molar-refractivity contribution in [1.82, 2.24) is 14.9 Å². The fraction of sp³-hybridized carbons (Fsp3) is 0.545. The van der Waals surface area contributed by atoms with Crippen LogP contribution in [0, 0.1) is 6.92 Å². The number of carbonyl (C=O) groups is 2. The van der Waals surface area contributed by atoms with Crippen molar-refractivity contribution in [3.63, 3.8) is 0 Å². The largest absolute Gasteiger partial charge is 0.481 e. The molecule has 1 amide bonds. The minimum Gasteiger partial charge on any atom is -0.481 e. The van der Waals surface area contributed by atoms with E-state index in [-0.39, 0.29) is 17.7 Å². The van der Waals surface area contributed by atoms with E-state index in [1.165, 1.54) is 11.8 Å². The smallest absolute Gasteiger partial charge is 0.313 e. The molecule has 1 aliphatic heterocycles. The zero-order chi connectivity index (χ0) is 13.1. The number of hydrogen-bond donors (Lipinski definition) is 2. The molecule has 1 aromatic heterocycles. The molecule has 2 rings (SSSR count). The monoisotopic (exact) mass is 269 g/mol. The van der Waals surface area contributed by atoms with E-state index in [9.17, 15) is 9.59 Å². The van der Waals surface area contributed by atoms with Crippen LogP contribution < -0.4 is 5.32 Å². The third-order valence-electron chi connectivity index (χ3n) is 2.78. The van der Waals surface area contributed by atoms with Gasteiger partial charge in [-0.05, 0) is 13.3 Å². The number of carbonyl (C=O) groups excluding carboxylic acids is 1. The van der Waals surface area contributed by atoms with Gasteiger partial charge < -0.3 is 15.0 Å². The molecule has 0 saturated carbocycles. The van der Waals surface area contributed by atoms with Crippen LogP contribution in [-0.4, -0.2) is 38.8 Å². The summed E-state index contributed by atoms with van der Waals surface area (Å²) in [6.07, 6.45) is 3.18. The van der Waals surface area contributed by atoms with Crippen molar-refractivity contribution in [1.29, 1.82) is 0 Å². The van der Waals surface area contributed by atoms with Crippen molar-refractivity contribution in [2.45, 2.75) is 31.0 Å². The molecule has 2 N–H and O–H groups in total. The summed E-state index contributed by atoms with van der Waals surface area (Å²) in [5, 5.41) is 12.2. The van der Waals surface area contributed by atoms with Gasteiger partial charge in [-0.15, -0.1) is 0 Å². The van der Waals surface area contributed by atoms with E-state index in [2.05, 4.69) is 10.3 Å². The van der Waals surface area contributed by atoms with Gasteiger partial charge >= 0.3 is 5.97 Å². The molecule has 1 atom stereocenters. The van der Waals surface area contributed by atoms with Gasteiger partial charge in [0.05, 0.1) is 17.5 Å². The average molecular weight is 269 g/mol. The number of nitrogens with one attached hydrogen (secondary N) is 1. The molecule has 0 aliphatic carbocycles. The lowest BCUT2D eigenvalue weighted by molar-refractivity contribution is -0.134. The number of nitrogens with zero attached hydrogens (tertiary/aromatic N) is 2. The van der Waals surface area contributed by atoms with Gasteiger partial charge in [0.1, 0.15) is 0 Å². The van der Waals surface area contributed by atoms with Crippen LogP contribution in [0.1, 0.15) is 24.6 Å². The zero-order valence-corrected chi connectivity index (χ0v) is 10.9. The lowest BCUT2D eigenvalue weighted by atomic mass is 10.1. The number of rotatable bonds is 4. The van der Waals surface area contributed by atoms with Crippen LogP contribution in [0.5, 0.6) is 0 Å². The molecule has 7 heteroatoms. The summed E-state index contributed by atoms with van der Waals surface area (Å²) in [7, 11) is 0. The van der Waals surface area contributed by atoms with Crippen molar-refractivity contribution in [2.75, 3.05) is 12.3 Å². The van der Waals surface area contributed by atoms with E-state index in [1.54, 1.807) is 0 Å². The predicted molar refractivity (Wildman–Crippen MR) is 66.6 cm³/mol. The highest BCUT2D eigenvalue weighted by molar-refractivity contribution is 7.99. The second kappa shape index (κ2) is 5.43. The molecule has 6 nitrogen and oxygen atoms in total. The highest BCUT2D eigenvalue weighted by Crippen LogP contribution is 2.25. The van der Waals surface area contributed by atoms with Crippen molar-refractivity contribution in [3.05, 3.63) is 11.9 Å². The number of piperidine rings is 1. The number of imidazole rings is 1. The molecular weight excluding hydrogens is 254 g/mol. The van der Waals surface area contributed by atoms with Crippen LogP contribution >= 0.6 is 11.8 Å². The Bertz CT molecular complexity index is 462. The van der Waals surface area contributed by atoms with E-state index in [0.29, 0.717) is 18.1 Å². The number of carboxylic acids is 1. The number of aliphatic carboxylic acids is 1. The maximum atomic E-state index is 11.1. The molecule has 2 heterocycles. The minimum atomic E-state index is -0.857. The Morgan fingerprint density at radius 3 is 3.11 bits per heavy atom. The summed E-state index contributed by atoms with van der Waals surface area (Å²) < 4.78 is 1.97. The van der Waals surface area contributed by atoms with E-state index >= 15 is 0 Å². The van der Waals surface area contributed by atoms with Crippen molar-refractivity contribution in [3.8, 4) is 0 Å². The molecule has 0 radical (unpaired) electrons. The van der Waals surface area contributed by atoms with Crippen LogP contribution in [-0.2, 0) is 9.59 Å². The second-order valence-electron chi connectivity index (χ2n) is 4.25. The number of hydrogen-bond acceptors (Lipinski definition) is 4. The van der Waals surface area contributed by atoms with Crippen LogP contribution in [0.2, 0.25) is 0 Å². The number of carboxylic acid groups (broad SMARTS) is 1.